The Bertz CT molecular complexity index is 660. The van der Waals surface area contributed by atoms with Crippen LogP contribution in [0.25, 0.3) is 10.9 Å². The van der Waals surface area contributed by atoms with Gasteiger partial charge in [0, 0.05) is 31.1 Å². The van der Waals surface area contributed by atoms with Crippen molar-refractivity contribution in [3.05, 3.63) is 36.4 Å². The molecule has 2 aromatic rings. The summed E-state index contributed by atoms with van der Waals surface area (Å²) >= 11 is 0. The minimum absolute atomic E-state index is 0.0150. The number of carbonyl (C=O) groups is 1. The van der Waals surface area contributed by atoms with Crippen LogP contribution < -0.4 is 21.5 Å². The number of carbonyl (C=O) groups excluding carboxylic acids is 1. The summed E-state index contributed by atoms with van der Waals surface area (Å²) in [6.07, 6.45) is 0. The highest BCUT2D eigenvalue weighted by molar-refractivity contribution is 5.80. The zero-order valence-electron chi connectivity index (χ0n) is 12.6. The molecule has 0 radical (unpaired) electrons. The van der Waals surface area contributed by atoms with E-state index in [0.717, 1.165) is 16.7 Å². The lowest BCUT2D eigenvalue weighted by atomic mass is 10.0. The van der Waals surface area contributed by atoms with Crippen LogP contribution in [0.2, 0.25) is 0 Å². The molecular formula is C16H21N5O. The van der Waals surface area contributed by atoms with E-state index in [0.29, 0.717) is 19.6 Å². The standard InChI is InChI=1S/C16H21N5O/c1-11-13(10-19-21-11)16(22)18-9-8-17-15-7-6-12-4-2-3-5-14(12)20-15/h2-7,11,13,19,21H,8-10H2,1H3,(H,17,20)(H,18,22). The topological polar surface area (TPSA) is 78.1 Å². The Morgan fingerprint density at radius 2 is 2.14 bits per heavy atom. The second-order valence-corrected chi connectivity index (χ2v) is 5.53. The van der Waals surface area contributed by atoms with E-state index in [1.807, 2.05) is 43.3 Å². The molecule has 4 N–H and O–H groups in total. The smallest absolute Gasteiger partial charge is 0.226 e. The SMILES string of the molecule is CC1NNCC1C(=O)NCCNc1ccc2ccccc2n1. The van der Waals surface area contributed by atoms with Crippen molar-refractivity contribution in [2.24, 2.45) is 5.92 Å². The van der Waals surface area contributed by atoms with Gasteiger partial charge in [-0.15, -0.1) is 0 Å². The molecule has 1 amide bonds. The van der Waals surface area contributed by atoms with Gasteiger partial charge in [0.2, 0.25) is 5.91 Å². The summed E-state index contributed by atoms with van der Waals surface area (Å²) in [6, 6.07) is 12.2. The van der Waals surface area contributed by atoms with Crippen molar-refractivity contribution in [2.45, 2.75) is 13.0 Å². The number of para-hydroxylation sites is 1. The molecule has 1 fully saturated rings. The molecular weight excluding hydrogens is 278 g/mol. The molecule has 3 rings (SSSR count). The molecule has 1 aliphatic rings. The van der Waals surface area contributed by atoms with Crippen LogP contribution in [-0.4, -0.2) is 36.6 Å². The van der Waals surface area contributed by atoms with E-state index < -0.39 is 0 Å². The van der Waals surface area contributed by atoms with E-state index in [1.54, 1.807) is 0 Å². The number of benzene rings is 1. The lowest BCUT2D eigenvalue weighted by Gasteiger charge is -2.14. The van der Waals surface area contributed by atoms with E-state index in [1.165, 1.54) is 0 Å². The first-order chi connectivity index (χ1) is 10.7. The fourth-order valence-electron chi connectivity index (χ4n) is 2.60. The summed E-state index contributed by atoms with van der Waals surface area (Å²) in [5.41, 5.74) is 7.01. The van der Waals surface area contributed by atoms with Crippen molar-refractivity contribution in [3.63, 3.8) is 0 Å². The summed E-state index contributed by atoms with van der Waals surface area (Å²) in [7, 11) is 0. The highest BCUT2D eigenvalue weighted by atomic mass is 16.2. The van der Waals surface area contributed by atoms with Gasteiger partial charge < -0.3 is 10.6 Å². The van der Waals surface area contributed by atoms with Crippen LogP contribution in [0.3, 0.4) is 0 Å². The third kappa shape index (κ3) is 3.35. The summed E-state index contributed by atoms with van der Waals surface area (Å²) < 4.78 is 0. The van der Waals surface area contributed by atoms with Crippen molar-refractivity contribution >= 4 is 22.6 Å². The fraction of sp³-hybridized carbons (Fsp3) is 0.375. The second-order valence-electron chi connectivity index (χ2n) is 5.53. The molecule has 1 aromatic heterocycles. The predicted octanol–water partition coefficient (Wildman–Crippen LogP) is 0.875. The molecule has 116 valence electrons. The molecule has 0 bridgehead atoms. The van der Waals surface area contributed by atoms with E-state index in [4.69, 9.17) is 0 Å². The third-order valence-corrected chi connectivity index (χ3v) is 3.92. The average molecular weight is 299 g/mol. The lowest BCUT2D eigenvalue weighted by Crippen LogP contribution is -2.39. The van der Waals surface area contributed by atoms with Crippen LogP contribution in [0.5, 0.6) is 0 Å². The number of aromatic nitrogens is 1. The van der Waals surface area contributed by atoms with Gasteiger partial charge in [0.25, 0.3) is 0 Å². The average Bonchev–Trinajstić information content (AvgIpc) is 2.97. The number of hydrogen-bond donors (Lipinski definition) is 4. The van der Waals surface area contributed by atoms with Gasteiger partial charge in [0.1, 0.15) is 5.82 Å². The predicted molar refractivity (Wildman–Crippen MR) is 87.3 cm³/mol. The quantitative estimate of drug-likeness (QED) is 0.616. The van der Waals surface area contributed by atoms with E-state index in [2.05, 4.69) is 26.5 Å². The Kier molecular flexibility index (Phi) is 4.50. The molecule has 2 atom stereocenters. The molecule has 2 unspecified atom stereocenters. The van der Waals surface area contributed by atoms with Crippen molar-refractivity contribution in [1.82, 2.24) is 21.2 Å². The van der Waals surface area contributed by atoms with Crippen LogP contribution in [0.4, 0.5) is 5.82 Å². The van der Waals surface area contributed by atoms with E-state index in [-0.39, 0.29) is 17.9 Å². The van der Waals surface area contributed by atoms with E-state index >= 15 is 0 Å². The maximum Gasteiger partial charge on any atom is 0.226 e. The zero-order valence-corrected chi connectivity index (χ0v) is 12.6. The first-order valence-corrected chi connectivity index (χ1v) is 7.60. The molecule has 2 heterocycles. The van der Waals surface area contributed by atoms with Crippen LogP contribution >= 0.6 is 0 Å². The molecule has 0 aliphatic carbocycles. The molecule has 6 heteroatoms. The van der Waals surface area contributed by atoms with Gasteiger partial charge in [-0.1, -0.05) is 18.2 Å². The number of hydrazine groups is 1. The van der Waals surface area contributed by atoms with Crippen molar-refractivity contribution in [1.29, 1.82) is 0 Å². The Morgan fingerprint density at radius 1 is 1.27 bits per heavy atom. The molecule has 1 aliphatic heterocycles. The zero-order chi connectivity index (χ0) is 15.4. The van der Waals surface area contributed by atoms with Gasteiger partial charge in [-0.3, -0.25) is 15.6 Å². The number of rotatable bonds is 5. The number of nitrogens with zero attached hydrogens (tertiary/aromatic N) is 1. The van der Waals surface area contributed by atoms with Crippen LogP contribution in [0.1, 0.15) is 6.92 Å². The Hall–Kier alpha value is -2.18. The Labute approximate surface area is 129 Å². The third-order valence-electron chi connectivity index (χ3n) is 3.92. The largest absolute Gasteiger partial charge is 0.368 e. The molecule has 0 spiro atoms. The monoisotopic (exact) mass is 299 g/mol. The number of anilines is 1. The molecule has 1 aromatic carbocycles. The van der Waals surface area contributed by atoms with Crippen LogP contribution in [0.15, 0.2) is 36.4 Å². The van der Waals surface area contributed by atoms with Crippen molar-refractivity contribution in [2.75, 3.05) is 25.0 Å². The van der Waals surface area contributed by atoms with Gasteiger partial charge >= 0.3 is 0 Å². The summed E-state index contributed by atoms with van der Waals surface area (Å²) in [5.74, 6) is 0.891. The van der Waals surface area contributed by atoms with Gasteiger partial charge in [-0.25, -0.2) is 4.98 Å². The lowest BCUT2D eigenvalue weighted by molar-refractivity contribution is -0.124. The van der Waals surface area contributed by atoms with Crippen molar-refractivity contribution < 1.29 is 4.79 Å². The minimum Gasteiger partial charge on any atom is -0.368 e. The number of amides is 1. The van der Waals surface area contributed by atoms with Gasteiger partial charge in [-0.2, -0.15) is 0 Å². The molecule has 1 saturated heterocycles. The summed E-state index contributed by atoms with van der Waals surface area (Å²) in [4.78, 5) is 16.5. The Morgan fingerprint density at radius 3 is 2.95 bits per heavy atom. The number of hydrogen-bond acceptors (Lipinski definition) is 5. The highest BCUT2D eigenvalue weighted by Gasteiger charge is 2.28. The van der Waals surface area contributed by atoms with Gasteiger partial charge in [-0.05, 0) is 25.1 Å². The normalized spacial score (nSPS) is 21.0. The first kappa shape index (κ1) is 14.7. The highest BCUT2D eigenvalue weighted by Crippen LogP contribution is 2.14. The molecule has 22 heavy (non-hydrogen) atoms. The summed E-state index contributed by atoms with van der Waals surface area (Å²) in [6.45, 7) is 3.91. The van der Waals surface area contributed by atoms with Crippen LogP contribution in [0, 0.1) is 5.92 Å². The Balaban J connectivity index is 1.47. The number of pyridine rings is 1. The van der Waals surface area contributed by atoms with E-state index in [9.17, 15) is 4.79 Å². The molecule has 0 saturated carbocycles. The summed E-state index contributed by atoms with van der Waals surface area (Å²) in [5, 5.41) is 7.31. The number of nitrogens with one attached hydrogen (secondary N) is 4. The van der Waals surface area contributed by atoms with Gasteiger partial charge in [0.05, 0.1) is 11.4 Å². The first-order valence-electron chi connectivity index (χ1n) is 7.60. The number of fused-ring (bicyclic) bond motifs is 1. The minimum atomic E-state index is -0.0150. The fourth-order valence-corrected chi connectivity index (χ4v) is 2.60. The van der Waals surface area contributed by atoms with Crippen LogP contribution in [-0.2, 0) is 4.79 Å². The van der Waals surface area contributed by atoms with Gasteiger partial charge in [0.15, 0.2) is 0 Å². The molecule has 6 nitrogen and oxygen atoms in total. The second kappa shape index (κ2) is 6.72. The maximum absolute atomic E-state index is 12.0. The van der Waals surface area contributed by atoms with Crippen molar-refractivity contribution in [3.8, 4) is 0 Å². The maximum atomic E-state index is 12.0.